The average Bonchev–Trinajstić information content (AvgIpc) is 2.72. The summed E-state index contributed by atoms with van der Waals surface area (Å²) in [6.07, 6.45) is 0. The van der Waals surface area contributed by atoms with Crippen molar-refractivity contribution < 1.29 is 14.6 Å². The largest absolute Gasteiger partial charge is 0.508 e. The zero-order valence-electron chi connectivity index (χ0n) is 15.2. The van der Waals surface area contributed by atoms with E-state index >= 15 is 0 Å². The molecule has 142 valence electrons. The Labute approximate surface area is 168 Å². The van der Waals surface area contributed by atoms with Crippen molar-refractivity contribution in [1.82, 2.24) is 5.43 Å². The Balaban J connectivity index is 1.57. The molecule has 0 aliphatic heterocycles. The second-order valence-corrected chi connectivity index (χ2v) is 6.56. The molecule has 0 aliphatic carbocycles. The number of phenolic OH excluding ortho intramolecular Hbond substituents is 1. The van der Waals surface area contributed by atoms with Crippen LogP contribution >= 0.6 is 11.6 Å². The summed E-state index contributed by atoms with van der Waals surface area (Å²) in [5.74, 6) is 0.497. The predicted molar refractivity (Wildman–Crippen MR) is 110 cm³/mol. The zero-order valence-corrected chi connectivity index (χ0v) is 16.0. The van der Waals surface area contributed by atoms with Gasteiger partial charge in [0.25, 0.3) is 5.91 Å². The van der Waals surface area contributed by atoms with Gasteiger partial charge in [-0.05, 0) is 78.7 Å². The lowest BCUT2D eigenvalue weighted by Gasteiger charge is -2.08. The number of hydrazone groups is 1. The zero-order chi connectivity index (χ0) is 19.9. The van der Waals surface area contributed by atoms with Gasteiger partial charge in [0.05, 0.1) is 5.71 Å². The van der Waals surface area contributed by atoms with Crippen LogP contribution in [0, 0.1) is 0 Å². The molecule has 0 aromatic heterocycles. The fraction of sp³-hybridized carbons (Fsp3) is 0.0909. The molecular weight excluding hydrogens is 376 g/mol. The molecule has 3 rings (SSSR count). The molecule has 3 aromatic rings. The van der Waals surface area contributed by atoms with E-state index < -0.39 is 0 Å². The Morgan fingerprint density at radius 1 is 0.964 bits per heavy atom. The van der Waals surface area contributed by atoms with Crippen LogP contribution in [-0.2, 0) is 6.61 Å². The number of ether oxygens (including phenoxy) is 1. The maximum absolute atomic E-state index is 12.1. The molecule has 0 bridgehead atoms. The topological polar surface area (TPSA) is 70.9 Å². The minimum Gasteiger partial charge on any atom is -0.508 e. The maximum atomic E-state index is 12.1. The van der Waals surface area contributed by atoms with Gasteiger partial charge in [-0.25, -0.2) is 5.43 Å². The van der Waals surface area contributed by atoms with Crippen molar-refractivity contribution in [2.24, 2.45) is 5.10 Å². The molecule has 0 heterocycles. The first-order valence-electron chi connectivity index (χ1n) is 8.62. The third-order valence-electron chi connectivity index (χ3n) is 4.05. The molecule has 1 amide bonds. The number of carbonyl (C=O) groups excluding carboxylic acids is 1. The van der Waals surface area contributed by atoms with Crippen LogP contribution in [0.5, 0.6) is 11.5 Å². The van der Waals surface area contributed by atoms with Gasteiger partial charge in [-0.1, -0.05) is 23.7 Å². The third kappa shape index (κ3) is 5.34. The van der Waals surface area contributed by atoms with E-state index in [1.54, 1.807) is 6.92 Å². The molecule has 5 nitrogen and oxygen atoms in total. The molecule has 28 heavy (non-hydrogen) atoms. The van der Waals surface area contributed by atoms with Crippen molar-refractivity contribution in [1.29, 1.82) is 0 Å². The number of nitrogens with one attached hydrogen (secondary N) is 1. The Hall–Kier alpha value is -3.31. The van der Waals surface area contributed by atoms with Gasteiger partial charge >= 0.3 is 0 Å². The Bertz CT molecular complexity index is 966. The summed E-state index contributed by atoms with van der Waals surface area (Å²) in [6.45, 7) is 2.26. The highest BCUT2D eigenvalue weighted by Crippen LogP contribution is 2.16. The molecular formula is C22H19ClN2O3. The van der Waals surface area contributed by atoms with Crippen LogP contribution < -0.4 is 10.2 Å². The molecule has 0 atom stereocenters. The molecule has 0 aliphatic rings. The number of nitrogens with zero attached hydrogens (tertiary/aromatic N) is 1. The number of carbonyl (C=O) groups is 1. The predicted octanol–water partition coefficient (Wildman–Crippen LogP) is 4.78. The maximum Gasteiger partial charge on any atom is 0.271 e. The highest BCUT2D eigenvalue weighted by Gasteiger charge is 2.05. The molecule has 0 saturated heterocycles. The Kier molecular flexibility index (Phi) is 6.29. The molecule has 0 saturated carbocycles. The van der Waals surface area contributed by atoms with E-state index in [0.717, 1.165) is 16.9 Å². The summed E-state index contributed by atoms with van der Waals surface area (Å²) in [5, 5.41) is 14.1. The van der Waals surface area contributed by atoms with E-state index in [9.17, 15) is 9.90 Å². The van der Waals surface area contributed by atoms with Gasteiger partial charge in [0.1, 0.15) is 18.1 Å². The normalized spacial score (nSPS) is 11.1. The van der Waals surface area contributed by atoms with Gasteiger partial charge in [0.2, 0.25) is 0 Å². The van der Waals surface area contributed by atoms with Crippen LogP contribution in [0.2, 0.25) is 5.02 Å². The van der Waals surface area contributed by atoms with Gasteiger partial charge in [-0.15, -0.1) is 0 Å². The first-order chi connectivity index (χ1) is 13.5. The second kappa shape index (κ2) is 9.06. The van der Waals surface area contributed by atoms with Crippen molar-refractivity contribution in [3.8, 4) is 11.5 Å². The number of rotatable bonds is 6. The van der Waals surface area contributed by atoms with Crippen molar-refractivity contribution in [2.45, 2.75) is 13.5 Å². The summed E-state index contributed by atoms with van der Waals surface area (Å²) in [4.78, 5) is 12.1. The summed E-state index contributed by atoms with van der Waals surface area (Å²) in [7, 11) is 0. The molecule has 0 unspecified atom stereocenters. The lowest BCUT2D eigenvalue weighted by Crippen LogP contribution is -2.19. The molecule has 3 aromatic carbocycles. The second-order valence-electron chi connectivity index (χ2n) is 6.12. The van der Waals surface area contributed by atoms with Crippen LogP contribution in [0.4, 0.5) is 0 Å². The summed E-state index contributed by atoms with van der Waals surface area (Å²) in [6, 6.07) is 20.9. The SMILES string of the molecule is C/C(=N\NC(=O)c1ccc(O)cc1)c1ccc(OCc2ccc(Cl)cc2)cc1. The molecule has 6 heteroatoms. The smallest absolute Gasteiger partial charge is 0.271 e. The summed E-state index contributed by atoms with van der Waals surface area (Å²) in [5.41, 5.74) is 5.48. The number of benzene rings is 3. The van der Waals surface area contributed by atoms with Crippen LogP contribution in [0.15, 0.2) is 77.9 Å². The van der Waals surface area contributed by atoms with Crippen LogP contribution in [0.25, 0.3) is 0 Å². The summed E-state index contributed by atoms with van der Waals surface area (Å²) >= 11 is 5.87. The van der Waals surface area contributed by atoms with Crippen molar-refractivity contribution in [2.75, 3.05) is 0 Å². The minimum absolute atomic E-state index is 0.106. The Morgan fingerprint density at radius 3 is 2.21 bits per heavy atom. The van der Waals surface area contributed by atoms with Gasteiger partial charge < -0.3 is 9.84 Å². The lowest BCUT2D eigenvalue weighted by atomic mass is 10.1. The lowest BCUT2D eigenvalue weighted by molar-refractivity contribution is 0.0955. The first kappa shape index (κ1) is 19.5. The van der Waals surface area contributed by atoms with E-state index in [1.807, 2.05) is 48.5 Å². The van der Waals surface area contributed by atoms with Gasteiger partial charge in [-0.2, -0.15) is 5.10 Å². The molecule has 0 radical (unpaired) electrons. The van der Waals surface area contributed by atoms with Crippen molar-refractivity contribution in [3.05, 3.63) is 94.5 Å². The number of aromatic hydroxyl groups is 1. The fourth-order valence-electron chi connectivity index (χ4n) is 2.42. The molecule has 0 spiro atoms. The van der Waals surface area contributed by atoms with Crippen LogP contribution in [0.3, 0.4) is 0 Å². The number of phenols is 1. The number of hydrogen-bond donors (Lipinski definition) is 2. The summed E-state index contributed by atoms with van der Waals surface area (Å²) < 4.78 is 5.76. The number of amides is 1. The van der Waals surface area contributed by atoms with E-state index in [0.29, 0.717) is 22.9 Å². The van der Waals surface area contributed by atoms with Crippen LogP contribution in [0.1, 0.15) is 28.4 Å². The van der Waals surface area contributed by atoms with Crippen molar-refractivity contribution in [3.63, 3.8) is 0 Å². The quantitative estimate of drug-likeness (QED) is 0.467. The number of halogens is 1. The molecule has 2 N–H and O–H groups in total. The van der Waals surface area contributed by atoms with E-state index in [2.05, 4.69) is 10.5 Å². The molecule has 0 fully saturated rings. The van der Waals surface area contributed by atoms with Gasteiger partial charge in [0.15, 0.2) is 0 Å². The number of hydrogen-bond acceptors (Lipinski definition) is 4. The standard InChI is InChI=1S/C22H19ClN2O3/c1-15(24-25-22(27)18-4-10-20(26)11-5-18)17-6-12-21(13-7-17)28-14-16-2-8-19(23)9-3-16/h2-13,26H,14H2,1H3,(H,25,27)/b24-15+. The van der Waals surface area contributed by atoms with Crippen LogP contribution in [-0.4, -0.2) is 16.7 Å². The minimum atomic E-state index is -0.345. The monoisotopic (exact) mass is 394 g/mol. The third-order valence-corrected chi connectivity index (χ3v) is 4.30. The van der Waals surface area contributed by atoms with E-state index in [-0.39, 0.29) is 11.7 Å². The van der Waals surface area contributed by atoms with Crippen molar-refractivity contribution >= 4 is 23.2 Å². The van der Waals surface area contributed by atoms with Gasteiger partial charge in [-0.3, -0.25) is 4.79 Å². The first-order valence-corrected chi connectivity index (χ1v) is 9.00. The highest BCUT2D eigenvalue weighted by molar-refractivity contribution is 6.30. The van der Waals surface area contributed by atoms with Gasteiger partial charge in [0, 0.05) is 10.6 Å². The van der Waals surface area contributed by atoms with E-state index in [1.165, 1.54) is 24.3 Å². The average molecular weight is 395 g/mol. The highest BCUT2D eigenvalue weighted by atomic mass is 35.5. The Morgan fingerprint density at radius 2 is 1.57 bits per heavy atom. The fourth-order valence-corrected chi connectivity index (χ4v) is 2.54. The van der Waals surface area contributed by atoms with E-state index in [4.69, 9.17) is 16.3 Å².